The van der Waals surface area contributed by atoms with Crippen LogP contribution in [0.3, 0.4) is 0 Å². The molecule has 2 aliphatic rings. The monoisotopic (exact) mass is 401 g/mol. The molecule has 2 amide bonds. The van der Waals surface area contributed by atoms with Gasteiger partial charge in [-0.25, -0.2) is 0 Å². The van der Waals surface area contributed by atoms with Crippen molar-refractivity contribution in [1.29, 1.82) is 0 Å². The standard InChI is InChI=1S/C20H23N3O4S/c24-16-5-4-12(20(27)23-8-6-17-13(11-23)7-9-28-17)10-15(16)22-19(26)14-2-1-3-18(25)21-14/h1-3,7,9,12,15-16,24H,4-6,8,10-11H2,(H,21,25)(H,22,26)/t12-,15+,16+/m0/s1. The summed E-state index contributed by atoms with van der Waals surface area (Å²) in [6, 6.07) is 5.92. The summed E-state index contributed by atoms with van der Waals surface area (Å²) in [5, 5.41) is 15.2. The Morgan fingerprint density at radius 2 is 2.11 bits per heavy atom. The van der Waals surface area contributed by atoms with Crippen molar-refractivity contribution in [3.63, 3.8) is 0 Å². The van der Waals surface area contributed by atoms with Crippen molar-refractivity contribution in [2.45, 2.75) is 44.4 Å². The minimum absolute atomic E-state index is 0.0936. The van der Waals surface area contributed by atoms with Crippen molar-refractivity contribution in [2.75, 3.05) is 6.54 Å². The van der Waals surface area contributed by atoms with Crippen LogP contribution in [0.5, 0.6) is 0 Å². The Hall–Kier alpha value is -2.45. The van der Waals surface area contributed by atoms with Crippen LogP contribution < -0.4 is 10.9 Å². The lowest BCUT2D eigenvalue weighted by Gasteiger charge is -2.36. The number of fused-ring (bicyclic) bond motifs is 1. The van der Waals surface area contributed by atoms with E-state index >= 15 is 0 Å². The highest BCUT2D eigenvalue weighted by molar-refractivity contribution is 7.10. The smallest absolute Gasteiger partial charge is 0.268 e. The molecule has 3 heterocycles. The van der Waals surface area contributed by atoms with Gasteiger partial charge in [0.2, 0.25) is 11.5 Å². The maximum Gasteiger partial charge on any atom is 0.268 e. The van der Waals surface area contributed by atoms with Gasteiger partial charge in [-0.1, -0.05) is 6.07 Å². The molecule has 1 aliphatic heterocycles. The lowest BCUT2D eigenvalue weighted by Crippen LogP contribution is -2.50. The van der Waals surface area contributed by atoms with Gasteiger partial charge in [0, 0.05) is 30.0 Å². The van der Waals surface area contributed by atoms with Gasteiger partial charge >= 0.3 is 0 Å². The summed E-state index contributed by atoms with van der Waals surface area (Å²) in [7, 11) is 0. The SMILES string of the molecule is O=C(N[C@@H]1C[C@@H](C(=O)N2CCc3sccc3C2)CC[C@H]1O)c1cccc(=O)[nH]1. The first-order valence-electron chi connectivity index (χ1n) is 9.53. The zero-order valence-electron chi connectivity index (χ0n) is 15.4. The summed E-state index contributed by atoms with van der Waals surface area (Å²) >= 11 is 1.74. The molecule has 0 bridgehead atoms. The second-order valence-electron chi connectivity index (χ2n) is 7.46. The topological polar surface area (TPSA) is 102 Å². The van der Waals surface area contributed by atoms with Crippen LogP contribution >= 0.6 is 11.3 Å². The largest absolute Gasteiger partial charge is 0.391 e. The number of pyridine rings is 1. The molecule has 1 aliphatic carbocycles. The number of hydrogen-bond donors (Lipinski definition) is 3. The third-order valence-electron chi connectivity index (χ3n) is 5.61. The second kappa shape index (κ2) is 7.89. The quantitative estimate of drug-likeness (QED) is 0.721. The van der Waals surface area contributed by atoms with Crippen LogP contribution in [0.15, 0.2) is 34.4 Å². The molecule has 0 radical (unpaired) electrons. The maximum absolute atomic E-state index is 13.0. The number of nitrogens with zero attached hydrogens (tertiary/aromatic N) is 1. The first-order valence-corrected chi connectivity index (χ1v) is 10.4. The third kappa shape index (κ3) is 3.88. The lowest BCUT2D eigenvalue weighted by molar-refractivity contribution is -0.138. The summed E-state index contributed by atoms with van der Waals surface area (Å²) in [5.74, 6) is -0.574. The molecule has 2 aromatic heterocycles. The van der Waals surface area contributed by atoms with Crippen LogP contribution in [0, 0.1) is 5.92 Å². The highest BCUT2D eigenvalue weighted by Gasteiger charge is 2.36. The zero-order valence-corrected chi connectivity index (χ0v) is 16.2. The molecule has 3 N–H and O–H groups in total. The Balaban J connectivity index is 1.41. The molecule has 0 aromatic carbocycles. The summed E-state index contributed by atoms with van der Waals surface area (Å²) in [6.45, 7) is 1.35. The van der Waals surface area contributed by atoms with Crippen molar-refractivity contribution in [1.82, 2.24) is 15.2 Å². The number of aliphatic hydroxyl groups is 1. The number of rotatable bonds is 3. The molecule has 0 spiro atoms. The summed E-state index contributed by atoms with van der Waals surface area (Å²) in [4.78, 5) is 42.6. The Morgan fingerprint density at radius 1 is 1.25 bits per heavy atom. The van der Waals surface area contributed by atoms with Crippen LogP contribution in [0.2, 0.25) is 0 Å². The van der Waals surface area contributed by atoms with Gasteiger partial charge in [0.25, 0.3) is 5.91 Å². The fraction of sp³-hybridized carbons (Fsp3) is 0.450. The van der Waals surface area contributed by atoms with E-state index in [1.807, 2.05) is 4.90 Å². The minimum Gasteiger partial charge on any atom is -0.391 e. The molecule has 7 nitrogen and oxygen atoms in total. The van der Waals surface area contributed by atoms with Crippen molar-refractivity contribution in [3.8, 4) is 0 Å². The number of nitrogens with one attached hydrogen (secondary N) is 2. The molecule has 2 aromatic rings. The van der Waals surface area contributed by atoms with Gasteiger partial charge in [-0.2, -0.15) is 0 Å². The number of carbonyl (C=O) groups is 2. The van der Waals surface area contributed by atoms with Crippen molar-refractivity contribution in [2.24, 2.45) is 5.92 Å². The molecule has 148 valence electrons. The van der Waals surface area contributed by atoms with E-state index in [0.29, 0.717) is 32.4 Å². The summed E-state index contributed by atoms with van der Waals surface area (Å²) in [6.07, 6.45) is 1.66. The number of aromatic amines is 1. The molecule has 8 heteroatoms. The number of hydrogen-bond acceptors (Lipinski definition) is 5. The number of aliphatic hydroxyl groups excluding tert-OH is 1. The number of carbonyl (C=O) groups excluding carboxylic acids is 2. The molecule has 0 unspecified atom stereocenters. The number of aromatic nitrogens is 1. The Morgan fingerprint density at radius 3 is 2.93 bits per heavy atom. The van der Waals surface area contributed by atoms with Crippen molar-refractivity contribution >= 4 is 23.2 Å². The van der Waals surface area contributed by atoms with E-state index in [2.05, 4.69) is 21.7 Å². The Bertz CT molecular complexity index is 937. The predicted octanol–water partition coefficient (Wildman–Crippen LogP) is 1.28. The van der Waals surface area contributed by atoms with Crippen LogP contribution in [0.4, 0.5) is 0 Å². The number of H-pyrrole nitrogens is 1. The van der Waals surface area contributed by atoms with Crippen LogP contribution in [-0.4, -0.2) is 45.5 Å². The highest BCUT2D eigenvalue weighted by Crippen LogP contribution is 2.30. The van der Waals surface area contributed by atoms with E-state index in [-0.39, 0.29) is 23.1 Å². The third-order valence-corrected chi connectivity index (χ3v) is 6.63. The number of thiophene rings is 1. The average molecular weight is 401 g/mol. The molecular weight excluding hydrogens is 378 g/mol. The lowest BCUT2D eigenvalue weighted by atomic mass is 9.82. The zero-order chi connectivity index (χ0) is 19.7. The first kappa shape index (κ1) is 18.9. The van der Waals surface area contributed by atoms with E-state index in [9.17, 15) is 19.5 Å². The van der Waals surface area contributed by atoms with Gasteiger partial charge in [0.05, 0.1) is 12.1 Å². The molecule has 28 heavy (non-hydrogen) atoms. The fourth-order valence-corrected chi connectivity index (χ4v) is 4.94. The van der Waals surface area contributed by atoms with Gasteiger partial charge in [-0.3, -0.25) is 14.4 Å². The van der Waals surface area contributed by atoms with Crippen LogP contribution in [0.1, 0.15) is 40.2 Å². The Labute approximate surface area is 166 Å². The molecule has 1 saturated carbocycles. The highest BCUT2D eigenvalue weighted by atomic mass is 32.1. The summed E-state index contributed by atoms with van der Waals surface area (Å²) in [5.41, 5.74) is 1.01. The van der Waals surface area contributed by atoms with Gasteiger partial charge in [-0.15, -0.1) is 11.3 Å². The van der Waals surface area contributed by atoms with E-state index in [0.717, 1.165) is 6.42 Å². The molecule has 0 saturated heterocycles. The summed E-state index contributed by atoms with van der Waals surface area (Å²) < 4.78 is 0. The molecule has 1 fully saturated rings. The van der Waals surface area contributed by atoms with Crippen molar-refractivity contribution < 1.29 is 14.7 Å². The molecule has 3 atom stereocenters. The predicted molar refractivity (Wildman–Crippen MR) is 105 cm³/mol. The first-order chi connectivity index (χ1) is 13.5. The van der Waals surface area contributed by atoms with Gasteiger partial charge in [-0.05, 0) is 48.8 Å². The van der Waals surface area contributed by atoms with Gasteiger partial charge < -0.3 is 20.3 Å². The average Bonchev–Trinajstić information content (AvgIpc) is 3.17. The van der Waals surface area contributed by atoms with Gasteiger partial charge in [0.1, 0.15) is 5.69 Å². The van der Waals surface area contributed by atoms with E-state index < -0.39 is 18.1 Å². The van der Waals surface area contributed by atoms with E-state index in [1.54, 1.807) is 11.3 Å². The van der Waals surface area contributed by atoms with E-state index in [1.165, 1.54) is 28.6 Å². The maximum atomic E-state index is 13.0. The number of amides is 2. The van der Waals surface area contributed by atoms with Crippen LogP contribution in [-0.2, 0) is 17.8 Å². The van der Waals surface area contributed by atoms with E-state index in [4.69, 9.17) is 0 Å². The van der Waals surface area contributed by atoms with Gasteiger partial charge in [0.15, 0.2) is 0 Å². The normalized spacial score (nSPS) is 24.5. The minimum atomic E-state index is -0.701. The second-order valence-corrected chi connectivity index (χ2v) is 8.47. The van der Waals surface area contributed by atoms with Crippen molar-refractivity contribution in [3.05, 3.63) is 56.1 Å². The Kier molecular flexibility index (Phi) is 5.32. The molecule has 4 rings (SSSR count). The van der Waals surface area contributed by atoms with Crippen LogP contribution in [0.25, 0.3) is 0 Å². The molecular formula is C20H23N3O4S. The fourth-order valence-electron chi connectivity index (χ4n) is 4.06.